The van der Waals surface area contributed by atoms with E-state index in [1.165, 1.54) is 37.7 Å². The van der Waals surface area contributed by atoms with Crippen molar-refractivity contribution >= 4 is 6.29 Å². The maximum atomic E-state index is 10.8. The summed E-state index contributed by atoms with van der Waals surface area (Å²) in [6, 6.07) is 10.8. The Labute approximate surface area is 111 Å². The molecule has 18 heavy (non-hydrogen) atoms. The van der Waals surface area contributed by atoms with E-state index in [1.54, 1.807) is 0 Å². The van der Waals surface area contributed by atoms with Gasteiger partial charge in [0.15, 0.2) is 0 Å². The van der Waals surface area contributed by atoms with Gasteiger partial charge in [-0.2, -0.15) is 0 Å². The van der Waals surface area contributed by atoms with Gasteiger partial charge in [0.25, 0.3) is 0 Å². The molecule has 1 saturated carbocycles. The Morgan fingerprint density at radius 2 is 1.83 bits per heavy atom. The Kier molecular flexibility index (Phi) is 4.57. The normalized spacial score (nSPS) is 20.3. The van der Waals surface area contributed by atoms with Gasteiger partial charge in [0.2, 0.25) is 0 Å². The lowest BCUT2D eigenvalue weighted by molar-refractivity contribution is -0.108. The van der Waals surface area contributed by atoms with E-state index < -0.39 is 0 Å². The Bertz CT molecular complexity index is 364. The highest BCUT2D eigenvalue weighted by Gasteiger charge is 2.35. The van der Waals surface area contributed by atoms with Crippen LogP contribution in [0, 0.1) is 5.92 Å². The maximum Gasteiger partial charge on any atom is 0.120 e. The first-order valence-corrected chi connectivity index (χ1v) is 7.26. The van der Waals surface area contributed by atoms with Crippen LogP contribution in [0.5, 0.6) is 0 Å². The minimum Gasteiger partial charge on any atom is -0.303 e. The first kappa shape index (κ1) is 13.3. The molecule has 1 aliphatic carbocycles. The molecule has 98 valence electrons. The van der Waals surface area contributed by atoms with Gasteiger partial charge in [-0.05, 0) is 36.2 Å². The molecule has 1 aromatic carbocycles. The van der Waals surface area contributed by atoms with Crippen molar-refractivity contribution in [2.24, 2.45) is 5.92 Å². The molecule has 1 unspecified atom stereocenters. The molecule has 1 aromatic rings. The van der Waals surface area contributed by atoms with Gasteiger partial charge < -0.3 is 4.79 Å². The van der Waals surface area contributed by atoms with Crippen LogP contribution in [0.3, 0.4) is 0 Å². The Hall–Kier alpha value is -1.11. The van der Waals surface area contributed by atoms with Crippen LogP contribution in [0.25, 0.3) is 0 Å². The highest BCUT2D eigenvalue weighted by atomic mass is 16.1. The summed E-state index contributed by atoms with van der Waals surface area (Å²) in [5, 5.41) is 0. The lowest BCUT2D eigenvalue weighted by atomic mass is 9.64. The number of hydrogen-bond acceptors (Lipinski definition) is 1. The minimum atomic E-state index is 0.183. The monoisotopic (exact) mass is 244 g/mol. The summed E-state index contributed by atoms with van der Waals surface area (Å²) in [7, 11) is 0. The zero-order chi connectivity index (χ0) is 12.8. The third kappa shape index (κ3) is 2.82. The van der Waals surface area contributed by atoms with Gasteiger partial charge in [-0.25, -0.2) is 0 Å². The number of aldehydes is 1. The molecule has 1 atom stereocenters. The van der Waals surface area contributed by atoms with Gasteiger partial charge in [-0.15, -0.1) is 0 Å². The largest absolute Gasteiger partial charge is 0.303 e. The Morgan fingerprint density at radius 1 is 1.17 bits per heavy atom. The summed E-state index contributed by atoms with van der Waals surface area (Å²) in [4.78, 5) is 10.8. The lowest BCUT2D eigenvalue weighted by Gasteiger charge is -2.40. The summed E-state index contributed by atoms with van der Waals surface area (Å²) in [6.45, 7) is 2.36. The quantitative estimate of drug-likeness (QED) is 0.697. The van der Waals surface area contributed by atoms with Gasteiger partial charge in [0.05, 0.1) is 0 Å². The Morgan fingerprint density at radius 3 is 2.44 bits per heavy atom. The predicted molar refractivity (Wildman–Crippen MR) is 75.7 cm³/mol. The number of carbonyl (C=O) groups excluding carboxylic acids is 1. The van der Waals surface area contributed by atoms with Crippen LogP contribution in [0.4, 0.5) is 0 Å². The maximum absolute atomic E-state index is 10.8. The highest BCUT2D eigenvalue weighted by molar-refractivity contribution is 5.49. The minimum absolute atomic E-state index is 0.183. The third-order valence-electron chi connectivity index (χ3n) is 4.72. The topological polar surface area (TPSA) is 17.1 Å². The zero-order valence-corrected chi connectivity index (χ0v) is 11.4. The molecule has 0 amide bonds. The van der Waals surface area contributed by atoms with Crippen LogP contribution in [-0.4, -0.2) is 6.29 Å². The van der Waals surface area contributed by atoms with E-state index >= 15 is 0 Å². The summed E-state index contributed by atoms with van der Waals surface area (Å²) < 4.78 is 0. The van der Waals surface area contributed by atoms with Crippen molar-refractivity contribution in [2.75, 3.05) is 0 Å². The van der Waals surface area contributed by atoms with Gasteiger partial charge >= 0.3 is 0 Å². The molecule has 1 nitrogen and oxygen atoms in total. The van der Waals surface area contributed by atoms with Gasteiger partial charge in [-0.3, -0.25) is 0 Å². The highest BCUT2D eigenvalue weighted by Crippen LogP contribution is 2.43. The van der Waals surface area contributed by atoms with Crippen LogP contribution in [0.2, 0.25) is 0 Å². The number of carbonyl (C=O) groups is 1. The van der Waals surface area contributed by atoms with Crippen molar-refractivity contribution < 1.29 is 4.79 Å². The first-order chi connectivity index (χ1) is 8.77. The average molecular weight is 244 g/mol. The smallest absolute Gasteiger partial charge is 0.120 e. The van der Waals surface area contributed by atoms with E-state index in [2.05, 4.69) is 37.3 Å². The third-order valence-corrected chi connectivity index (χ3v) is 4.72. The first-order valence-electron chi connectivity index (χ1n) is 7.26. The van der Waals surface area contributed by atoms with E-state index in [4.69, 9.17) is 0 Å². The molecule has 0 heterocycles. The van der Waals surface area contributed by atoms with Crippen molar-refractivity contribution in [1.29, 1.82) is 0 Å². The molecular weight excluding hydrogens is 220 g/mol. The molecular formula is C17H24O. The molecule has 2 rings (SSSR count). The van der Waals surface area contributed by atoms with E-state index in [1.807, 2.05) is 0 Å². The van der Waals surface area contributed by atoms with Crippen LogP contribution in [0.15, 0.2) is 30.3 Å². The standard InChI is InChI=1S/C17H24O/c1-17(13-8-14-18,15-9-4-2-5-10-15)16-11-6-3-7-12-16/h2,4-5,9-10,14,16H,3,6-8,11-13H2,1H3. The van der Waals surface area contributed by atoms with E-state index in [-0.39, 0.29) is 5.41 Å². The van der Waals surface area contributed by atoms with Crippen LogP contribution in [-0.2, 0) is 10.2 Å². The summed E-state index contributed by atoms with van der Waals surface area (Å²) in [6.07, 6.45) is 9.49. The molecule has 0 spiro atoms. The van der Waals surface area contributed by atoms with Crippen molar-refractivity contribution in [3.8, 4) is 0 Å². The average Bonchev–Trinajstić information content (AvgIpc) is 2.46. The number of hydrogen-bond donors (Lipinski definition) is 0. The molecule has 0 aromatic heterocycles. The van der Waals surface area contributed by atoms with Gasteiger partial charge in [0, 0.05) is 6.42 Å². The molecule has 1 heteroatoms. The van der Waals surface area contributed by atoms with Gasteiger partial charge in [0.1, 0.15) is 6.29 Å². The SMILES string of the molecule is CC(CCC=O)(c1ccccc1)C1CCCCC1. The molecule has 0 saturated heterocycles. The second kappa shape index (κ2) is 6.17. The van der Waals surface area contributed by atoms with Crippen LogP contribution >= 0.6 is 0 Å². The van der Waals surface area contributed by atoms with Crippen molar-refractivity contribution in [1.82, 2.24) is 0 Å². The van der Waals surface area contributed by atoms with E-state index in [9.17, 15) is 4.79 Å². The predicted octanol–water partition coefficient (Wildman–Crippen LogP) is 4.50. The summed E-state index contributed by atoms with van der Waals surface area (Å²) in [5.74, 6) is 0.744. The summed E-state index contributed by atoms with van der Waals surface area (Å²) in [5.41, 5.74) is 1.60. The molecule has 0 bridgehead atoms. The lowest BCUT2D eigenvalue weighted by Crippen LogP contribution is -2.33. The van der Waals surface area contributed by atoms with Crippen molar-refractivity contribution in [2.45, 2.75) is 57.3 Å². The van der Waals surface area contributed by atoms with Gasteiger partial charge in [-0.1, -0.05) is 56.5 Å². The van der Waals surface area contributed by atoms with Crippen molar-refractivity contribution in [3.63, 3.8) is 0 Å². The molecule has 1 fully saturated rings. The fraction of sp³-hybridized carbons (Fsp3) is 0.588. The van der Waals surface area contributed by atoms with Crippen LogP contribution in [0.1, 0.15) is 57.4 Å². The molecule has 1 aliphatic rings. The molecule has 0 N–H and O–H groups in total. The van der Waals surface area contributed by atoms with Crippen LogP contribution < -0.4 is 0 Å². The zero-order valence-electron chi connectivity index (χ0n) is 11.4. The van der Waals surface area contributed by atoms with E-state index in [0.29, 0.717) is 6.42 Å². The molecule has 0 radical (unpaired) electrons. The number of benzene rings is 1. The number of rotatable bonds is 5. The second-order valence-electron chi connectivity index (χ2n) is 5.82. The van der Waals surface area contributed by atoms with Crippen molar-refractivity contribution in [3.05, 3.63) is 35.9 Å². The Balaban J connectivity index is 2.24. The second-order valence-corrected chi connectivity index (χ2v) is 5.82. The fourth-order valence-corrected chi connectivity index (χ4v) is 3.50. The fourth-order valence-electron chi connectivity index (χ4n) is 3.50. The molecule has 0 aliphatic heterocycles. The van der Waals surface area contributed by atoms with E-state index in [0.717, 1.165) is 18.6 Å². The summed E-state index contributed by atoms with van der Waals surface area (Å²) >= 11 is 0.